The molecule has 1 N–H and O–H groups in total. The summed E-state index contributed by atoms with van der Waals surface area (Å²) in [7, 11) is 2.00. The number of nitrogens with zero attached hydrogens (tertiary/aromatic N) is 4. The minimum atomic E-state index is -0.270. The van der Waals surface area contributed by atoms with Gasteiger partial charge in [-0.15, -0.1) is 0 Å². The number of likely N-dealkylation sites (tertiary alicyclic amines) is 1. The Labute approximate surface area is 228 Å². The van der Waals surface area contributed by atoms with E-state index in [0.29, 0.717) is 22.7 Å². The zero-order valence-electron chi connectivity index (χ0n) is 22.3. The molecular weight excluding hydrogens is 486 g/mol. The Hall–Kier alpha value is -4.44. The van der Waals surface area contributed by atoms with Crippen molar-refractivity contribution in [3.63, 3.8) is 0 Å². The Balaban J connectivity index is 1.23. The fourth-order valence-corrected chi connectivity index (χ4v) is 6.28. The third kappa shape index (κ3) is 4.46. The van der Waals surface area contributed by atoms with Crippen LogP contribution in [0, 0.1) is 18.3 Å². The molecule has 1 aliphatic carbocycles. The quantitative estimate of drug-likeness (QED) is 0.386. The van der Waals surface area contributed by atoms with Gasteiger partial charge in [0.05, 0.1) is 23.5 Å². The predicted molar refractivity (Wildman–Crippen MR) is 151 cm³/mol. The third-order valence-corrected chi connectivity index (χ3v) is 8.37. The number of nitrogens with one attached hydrogen (secondary N) is 1. The van der Waals surface area contributed by atoms with Crippen molar-refractivity contribution < 1.29 is 9.59 Å². The standard InChI is InChI=1S/C32H31N5O2/c1-20-28(35-31(38)24-9-3-6-21(16-24)17-33)18-34-30-29(20)27(19-36(30)2)23-12-14-37(15-13-23)32(39)26-11-5-8-22-7-4-10-25(22)26/h3,5-6,8-9,11,16,18-19,23H,4,7,10,12-15H2,1-2H3,(H,35,38). The maximum Gasteiger partial charge on any atom is 0.255 e. The predicted octanol–water partition coefficient (Wildman–Crippen LogP) is 5.51. The van der Waals surface area contributed by atoms with Crippen LogP contribution >= 0.6 is 0 Å². The molecule has 0 bridgehead atoms. The fourth-order valence-electron chi connectivity index (χ4n) is 6.28. The molecule has 4 aromatic rings. The number of benzene rings is 2. The summed E-state index contributed by atoms with van der Waals surface area (Å²) in [4.78, 5) is 33.1. The zero-order valence-corrected chi connectivity index (χ0v) is 22.3. The van der Waals surface area contributed by atoms with E-state index in [0.717, 1.165) is 67.4 Å². The van der Waals surface area contributed by atoms with Crippen LogP contribution in [0.15, 0.2) is 54.9 Å². The third-order valence-electron chi connectivity index (χ3n) is 8.37. The molecule has 2 aromatic heterocycles. The van der Waals surface area contributed by atoms with Crippen molar-refractivity contribution in [2.45, 2.75) is 44.9 Å². The first-order valence-electron chi connectivity index (χ1n) is 13.6. The van der Waals surface area contributed by atoms with E-state index in [-0.39, 0.29) is 11.8 Å². The van der Waals surface area contributed by atoms with Crippen LogP contribution < -0.4 is 5.32 Å². The van der Waals surface area contributed by atoms with Crippen molar-refractivity contribution in [2.75, 3.05) is 18.4 Å². The van der Waals surface area contributed by atoms with E-state index in [9.17, 15) is 14.9 Å². The van der Waals surface area contributed by atoms with Crippen LogP contribution in [0.5, 0.6) is 0 Å². The topological polar surface area (TPSA) is 91.0 Å². The molecule has 1 fully saturated rings. The van der Waals surface area contributed by atoms with Gasteiger partial charge in [0.2, 0.25) is 0 Å². The molecule has 7 heteroatoms. The Morgan fingerprint density at radius 2 is 1.90 bits per heavy atom. The zero-order chi connectivity index (χ0) is 27.1. The molecule has 6 rings (SSSR count). The lowest BCUT2D eigenvalue weighted by molar-refractivity contribution is 0.0712. The molecule has 1 aliphatic heterocycles. The number of nitriles is 1. The van der Waals surface area contributed by atoms with E-state index in [1.807, 2.05) is 35.6 Å². The number of carbonyl (C=O) groups excluding carboxylic acids is 2. The molecule has 7 nitrogen and oxygen atoms in total. The van der Waals surface area contributed by atoms with Gasteiger partial charge in [0, 0.05) is 42.8 Å². The number of hydrogen-bond donors (Lipinski definition) is 1. The highest BCUT2D eigenvalue weighted by molar-refractivity contribution is 6.06. The summed E-state index contributed by atoms with van der Waals surface area (Å²) in [5.74, 6) is 0.194. The van der Waals surface area contributed by atoms with Gasteiger partial charge in [0.25, 0.3) is 11.8 Å². The van der Waals surface area contributed by atoms with Gasteiger partial charge in [0.1, 0.15) is 5.65 Å². The largest absolute Gasteiger partial charge is 0.339 e. The summed E-state index contributed by atoms with van der Waals surface area (Å²) in [5.41, 5.74) is 8.06. The highest BCUT2D eigenvalue weighted by atomic mass is 16.2. The van der Waals surface area contributed by atoms with Crippen LogP contribution in [-0.2, 0) is 19.9 Å². The first-order chi connectivity index (χ1) is 18.9. The minimum absolute atomic E-state index is 0.161. The van der Waals surface area contributed by atoms with Gasteiger partial charge in [-0.1, -0.05) is 18.2 Å². The number of amides is 2. The molecule has 0 unspecified atom stereocenters. The number of anilines is 1. The normalized spacial score (nSPS) is 15.3. The van der Waals surface area contributed by atoms with Gasteiger partial charge < -0.3 is 14.8 Å². The van der Waals surface area contributed by atoms with E-state index in [1.165, 1.54) is 16.7 Å². The van der Waals surface area contributed by atoms with Gasteiger partial charge in [-0.25, -0.2) is 4.98 Å². The highest BCUT2D eigenvalue weighted by Gasteiger charge is 2.29. The average Bonchev–Trinajstić information content (AvgIpc) is 3.59. The Morgan fingerprint density at radius 3 is 2.69 bits per heavy atom. The number of pyridine rings is 1. The summed E-state index contributed by atoms with van der Waals surface area (Å²) in [6.45, 7) is 3.47. The van der Waals surface area contributed by atoms with Crippen molar-refractivity contribution >= 4 is 28.5 Å². The molecule has 0 spiro atoms. The number of aromatic nitrogens is 2. The van der Waals surface area contributed by atoms with E-state index in [4.69, 9.17) is 0 Å². The number of piperidine rings is 1. The number of rotatable bonds is 4. The second-order valence-electron chi connectivity index (χ2n) is 10.7. The van der Waals surface area contributed by atoms with E-state index in [2.05, 4.69) is 28.6 Å². The van der Waals surface area contributed by atoms with Crippen molar-refractivity contribution in [3.8, 4) is 6.07 Å². The summed E-state index contributed by atoms with van der Waals surface area (Å²) in [6, 6.07) is 14.9. The van der Waals surface area contributed by atoms with Gasteiger partial charge in [-0.2, -0.15) is 5.26 Å². The summed E-state index contributed by atoms with van der Waals surface area (Å²) in [6.07, 6.45) is 8.82. The number of aryl methyl sites for hydroxylation is 3. The molecule has 2 aromatic carbocycles. The van der Waals surface area contributed by atoms with E-state index < -0.39 is 0 Å². The summed E-state index contributed by atoms with van der Waals surface area (Å²) < 4.78 is 2.05. The summed E-state index contributed by atoms with van der Waals surface area (Å²) in [5, 5.41) is 13.2. The number of carbonyl (C=O) groups is 2. The highest BCUT2D eigenvalue weighted by Crippen LogP contribution is 2.37. The van der Waals surface area contributed by atoms with Crippen LogP contribution in [-0.4, -0.2) is 39.4 Å². The monoisotopic (exact) mass is 517 g/mol. The van der Waals surface area contributed by atoms with Crippen LogP contribution in [0.2, 0.25) is 0 Å². The molecule has 0 atom stereocenters. The van der Waals surface area contributed by atoms with Crippen LogP contribution in [0.1, 0.15) is 73.7 Å². The smallest absolute Gasteiger partial charge is 0.255 e. The summed E-state index contributed by atoms with van der Waals surface area (Å²) >= 11 is 0. The lowest BCUT2D eigenvalue weighted by Gasteiger charge is -2.32. The minimum Gasteiger partial charge on any atom is -0.339 e. The molecule has 0 radical (unpaired) electrons. The number of fused-ring (bicyclic) bond motifs is 2. The van der Waals surface area contributed by atoms with Gasteiger partial charge >= 0.3 is 0 Å². The van der Waals surface area contributed by atoms with Crippen molar-refractivity contribution in [1.29, 1.82) is 5.26 Å². The van der Waals surface area contributed by atoms with Gasteiger partial charge in [0.15, 0.2) is 0 Å². The number of hydrogen-bond acceptors (Lipinski definition) is 4. The maximum atomic E-state index is 13.4. The molecule has 3 heterocycles. The average molecular weight is 518 g/mol. The molecule has 1 saturated heterocycles. The Kier molecular flexibility index (Phi) is 6.40. The van der Waals surface area contributed by atoms with Crippen LogP contribution in [0.3, 0.4) is 0 Å². The van der Waals surface area contributed by atoms with Gasteiger partial charge in [-0.3, -0.25) is 9.59 Å². The van der Waals surface area contributed by atoms with E-state index in [1.54, 1.807) is 30.5 Å². The maximum absolute atomic E-state index is 13.4. The van der Waals surface area contributed by atoms with Crippen molar-refractivity contribution in [1.82, 2.24) is 14.5 Å². The second-order valence-corrected chi connectivity index (χ2v) is 10.7. The first-order valence-corrected chi connectivity index (χ1v) is 13.6. The van der Waals surface area contributed by atoms with Crippen molar-refractivity contribution in [3.05, 3.63) is 93.8 Å². The second kappa shape index (κ2) is 10.0. The Bertz CT molecular complexity index is 1650. The molecule has 0 saturated carbocycles. The molecule has 196 valence electrons. The van der Waals surface area contributed by atoms with E-state index >= 15 is 0 Å². The Morgan fingerprint density at radius 1 is 1.10 bits per heavy atom. The first kappa shape index (κ1) is 24.9. The lowest BCUT2D eigenvalue weighted by atomic mass is 9.88. The van der Waals surface area contributed by atoms with Crippen LogP contribution in [0.4, 0.5) is 5.69 Å². The fraction of sp³-hybridized carbons (Fsp3) is 0.312. The molecular formula is C32H31N5O2. The lowest BCUT2D eigenvalue weighted by Crippen LogP contribution is -2.38. The van der Waals surface area contributed by atoms with Crippen LogP contribution in [0.25, 0.3) is 11.0 Å². The molecule has 39 heavy (non-hydrogen) atoms. The molecule has 2 amide bonds. The van der Waals surface area contributed by atoms with Crippen molar-refractivity contribution in [2.24, 2.45) is 7.05 Å². The van der Waals surface area contributed by atoms with Gasteiger partial charge in [-0.05, 0) is 91.5 Å². The molecule has 2 aliphatic rings. The SMILES string of the molecule is Cc1c(NC(=O)c2cccc(C#N)c2)cnc2c1c(C1CCN(C(=O)c3cccc4c3CCC4)CC1)cn2C.